The lowest BCUT2D eigenvalue weighted by Crippen LogP contribution is -2.09. The first-order valence-corrected chi connectivity index (χ1v) is 9.75. The highest BCUT2D eigenvalue weighted by molar-refractivity contribution is 5.89. The average molecular weight is 394 g/mol. The largest absolute Gasteiger partial charge is 0.477 e. The number of hydrogen-bond acceptors (Lipinski definition) is 2. The Kier molecular flexibility index (Phi) is 5.64. The van der Waals surface area contributed by atoms with Gasteiger partial charge in [-0.1, -0.05) is 44.2 Å². The Morgan fingerprint density at radius 3 is 1.55 bits per heavy atom. The van der Waals surface area contributed by atoms with Gasteiger partial charge in [0.2, 0.25) is 0 Å². The van der Waals surface area contributed by atoms with Gasteiger partial charge in [-0.25, -0.2) is 9.59 Å². The number of aromatic nitrogens is 2. The third-order valence-corrected chi connectivity index (χ3v) is 5.68. The van der Waals surface area contributed by atoms with Gasteiger partial charge in [0.05, 0.1) is 5.92 Å². The average Bonchev–Trinajstić information content (AvgIpc) is 3.21. The van der Waals surface area contributed by atoms with E-state index in [0.717, 1.165) is 39.2 Å². The van der Waals surface area contributed by atoms with Crippen molar-refractivity contribution in [3.63, 3.8) is 0 Å². The van der Waals surface area contributed by atoms with E-state index < -0.39 is 11.9 Å². The topological polar surface area (TPSA) is 106 Å². The lowest BCUT2D eigenvalue weighted by molar-refractivity contribution is 0.0679. The molecule has 0 radical (unpaired) electrons. The van der Waals surface area contributed by atoms with Crippen LogP contribution in [0.15, 0.2) is 30.3 Å². The summed E-state index contributed by atoms with van der Waals surface area (Å²) < 4.78 is 0. The van der Waals surface area contributed by atoms with Crippen LogP contribution in [-0.4, -0.2) is 32.1 Å². The zero-order chi connectivity index (χ0) is 21.3. The van der Waals surface area contributed by atoms with Gasteiger partial charge in [-0.15, -0.1) is 0 Å². The second-order valence-electron chi connectivity index (χ2n) is 7.20. The maximum absolute atomic E-state index is 11.8. The molecule has 6 nitrogen and oxygen atoms in total. The molecule has 0 aliphatic heterocycles. The highest BCUT2D eigenvalue weighted by atomic mass is 16.4. The zero-order valence-corrected chi connectivity index (χ0v) is 17.1. The van der Waals surface area contributed by atoms with E-state index in [1.165, 1.54) is 0 Å². The second-order valence-corrected chi connectivity index (χ2v) is 7.20. The zero-order valence-electron chi connectivity index (χ0n) is 17.1. The Morgan fingerprint density at radius 1 is 0.828 bits per heavy atom. The van der Waals surface area contributed by atoms with Gasteiger partial charge in [-0.3, -0.25) is 0 Å². The summed E-state index contributed by atoms with van der Waals surface area (Å²) in [5.41, 5.74) is 6.21. The van der Waals surface area contributed by atoms with E-state index in [9.17, 15) is 19.8 Å². The minimum Gasteiger partial charge on any atom is -0.477 e. The van der Waals surface area contributed by atoms with Crippen LogP contribution in [0.2, 0.25) is 0 Å². The van der Waals surface area contributed by atoms with Crippen LogP contribution in [-0.2, 0) is 12.8 Å². The Balaban J connectivity index is 2.33. The summed E-state index contributed by atoms with van der Waals surface area (Å²) in [6, 6.07) is 9.73. The molecule has 6 heteroatoms. The van der Waals surface area contributed by atoms with Crippen molar-refractivity contribution in [2.24, 2.45) is 0 Å². The summed E-state index contributed by atoms with van der Waals surface area (Å²) in [6.07, 6.45) is 1.19. The van der Waals surface area contributed by atoms with Gasteiger partial charge in [-0.2, -0.15) is 0 Å². The van der Waals surface area contributed by atoms with Crippen LogP contribution in [0.25, 0.3) is 0 Å². The molecule has 0 atom stereocenters. The number of aromatic carboxylic acids is 2. The standard InChI is InChI=1S/C23H26N2O4/c1-5-15-12(3)18(24-20(15)22(26)27)17(14-10-8-7-9-11-14)19-13(4)16(6-2)21(25-19)23(28)29/h7-11,17,24-25H,5-6H2,1-4H3,(H,26,27)(H,28,29). The number of nitrogens with one attached hydrogen (secondary N) is 2. The number of carboxylic acid groups (broad SMARTS) is 2. The Morgan fingerprint density at radius 2 is 1.24 bits per heavy atom. The van der Waals surface area contributed by atoms with Gasteiger partial charge < -0.3 is 20.2 Å². The predicted molar refractivity (Wildman–Crippen MR) is 111 cm³/mol. The molecule has 2 heterocycles. The first kappa shape index (κ1) is 20.5. The van der Waals surface area contributed by atoms with Crippen LogP contribution >= 0.6 is 0 Å². The van der Waals surface area contributed by atoms with Gasteiger partial charge in [0.25, 0.3) is 0 Å². The molecule has 29 heavy (non-hydrogen) atoms. The fourth-order valence-electron chi connectivity index (χ4n) is 4.26. The number of H-pyrrole nitrogens is 2. The summed E-state index contributed by atoms with van der Waals surface area (Å²) in [7, 11) is 0. The van der Waals surface area contributed by atoms with E-state index in [1.807, 2.05) is 58.0 Å². The van der Waals surface area contributed by atoms with Crippen molar-refractivity contribution in [3.8, 4) is 0 Å². The molecule has 152 valence electrons. The monoisotopic (exact) mass is 394 g/mol. The number of carbonyl (C=O) groups is 2. The second kappa shape index (κ2) is 7.99. The summed E-state index contributed by atoms with van der Waals surface area (Å²) in [6.45, 7) is 7.71. The Labute approximate surface area is 169 Å². The molecule has 4 N–H and O–H groups in total. The fraction of sp³-hybridized carbons (Fsp3) is 0.304. The first-order valence-electron chi connectivity index (χ1n) is 9.75. The third-order valence-electron chi connectivity index (χ3n) is 5.68. The predicted octanol–water partition coefficient (Wildman–Crippen LogP) is 4.66. The molecular weight excluding hydrogens is 368 g/mol. The minimum absolute atomic E-state index is 0.194. The van der Waals surface area contributed by atoms with Crippen LogP contribution in [0, 0.1) is 13.8 Å². The summed E-state index contributed by atoms with van der Waals surface area (Å²) in [4.78, 5) is 29.8. The van der Waals surface area contributed by atoms with Crippen molar-refractivity contribution in [2.75, 3.05) is 0 Å². The van der Waals surface area contributed by atoms with Crippen LogP contribution in [0.4, 0.5) is 0 Å². The van der Waals surface area contributed by atoms with E-state index in [4.69, 9.17) is 0 Å². The normalized spacial score (nSPS) is 11.2. The molecule has 3 rings (SSSR count). The molecule has 1 aromatic carbocycles. The number of benzene rings is 1. The molecule has 0 saturated carbocycles. The lowest BCUT2D eigenvalue weighted by atomic mass is 9.87. The maximum Gasteiger partial charge on any atom is 0.352 e. The number of hydrogen-bond donors (Lipinski definition) is 4. The van der Waals surface area contributed by atoms with Crippen molar-refractivity contribution in [2.45, 2.75) is 46.5 Å². The molecular formula is C23H26N2O4. The highest BCUT2D eigenvalue weighted by Gasteiger charge is 2.30. The molecule has 3 aromatic rings. The van der Waals surface area contributed by atoms with Crippen molar-refractivity contribution in [3.05, 3.63) is 80.9 Å². The number of rotatable bonds is 7. The molecule has 0 aliphatic rings. The van der Waals surface area contributed by atoms with Crippen LogP contribution in [0.1, 0.15) is 79.9 Å². The van der Waals surface area contributed by atoms with E-state index in [2.05, 4.69) is 9.97 Å². The van der Waals surface area contributed by atoms with Crippen molar-refractivity contribution < 1.29 is 19.8 Å². The molecule has 2 aromatic heterocycles. The minimum atomic E-state index is -0.994. The maximum atomic E-state index is 11.8. The molecule has 0 saturated heterocycles. The van der Waals surface area contributed by atoms with Gasteiger partial charge in [0, 0.05) is 11.4 Å². The molecule has 0 bridgehead atoms. The quantitative estimate of drug-likeness (QED) is 0.467. The Hall–Kier alpha value is -3.28. The van der Waals surface area contributed by atoms with Crippen molar-refractivity contribution in [1.29, 1.82) is 0 Å². The van der Waals surface area contributed by atoms with Gasteiger partial charge in [0.1, 0.15) is 11.4 Å². The molecule has 0 aliphatic carbocycles. The summed E-state index contributed by atoms with van der Waals surface area (Å²) in [5.74, 6) is -2.31. The molecule has 0 unspecified atom stereocenters. The number of carboxylic acids is 2. The van der Waals surface area contributed by atoms with Crippen molar-refractivity contribution >= 4 is 11.9 Å². The van der Waals surface area contributed by atoms with E-state index in [1.54, 1.807) is 0 Å². The molecule has 0 amide bonds. The Bertz CT molecular complexity index is 994. The SMILES string of the molecule is CCc1c(C(=O)O)[nH]c(C(c2ccccc2)c2[nH]c(C(=O)O)c(CC)c2C)c1C. The van der Waals surface area contributed by atoms with Crippen LogP contribution < -0.4 is 0 Å². The van der Waals surface area contributed by atoms with Gasteiger partial charge in [-0.05, 0) is 54.5 Å². The first-order chi connectivity index (χ1) is 13.8. The van der Waals surface area contributed by atoms with E-state index in [0.29, 0.717) is 12.8 Å². The van der Waals surface area contributed by atoms with Crippen molar-refractivity contribution in [1.82, 2.24) is 9.97 Å². The number of aromatic amines is 2. The highest BCUT2D eigenvalue weighted by Crippen LogP contribution is 2.38. The summed E-state index contributed by atoms with van der Waals surface area (Å²) >= 11 is 0. The van der Waals surface area contributed by atoms with E-state index >= 15 is 0 Å². The van der Waals surface area contributed by atoms with Crippen LogP contribution in [0.3, 0.4) is 0 Å². The fourth-order valence-corrected chi connectivity index (χ4v) is 4.26. The smallest absolute Gasteiger partial charge is 0.352 e. The third kappa shape index (κ3) is 3.46. The van der Waals surface area contributed by atoms with E-state index in [-0.39, 0.29) is 17.3 Å². The van der Waals surface area contributed by atoms with Gasteiger partial charge >= 0.3 is 11.9 Å². The van der Waals surface area contributed by atoms with Gasteiger partial charge in [0.15, 0.2) is 0 Å². The molecule has 0 fully saturated rings. The molecule has 0 spiro atoms. The lowest BCUT2D eigenvalue weighted by Gasteiger charge is -2.18. The van der Waals surface area contributed by atoms with Crippen LogP contribution in [0.5, 0.6) is 0 Å². The summed E-state index contributed by atoms with van der Waals surface area (Å²) in [5, 5.41) is 19.3.